The molecule has 11 rings (SSSR count). The topological polar surface area (TPSA) is 185 Å². The number of nitrogens with one attached hydrogen (secondary N) is 9. The molecule has 0 amide bonds. The first-order chi connectivity index (χ1) is 63.0. The van der Waals surface area contributed by atoms with E-state index in [2.05, 4.69) is 421 Å². The number of rotatable bonds is 38. The Balaban J connectivity index is 0.000000277. The van der Waals surface area contributed by atoms with Crippen molar-refractivity contribution in [2.45, 2.75) is 367 Å². The molecule has 4 aliphatic rings. The van der Waals surface area contributed by atoms with Crippen LogP contribution >= 0.6 is 0 Å². The van der Waals surface area contributed by atoms with E-state index in [1.54, 1.807) is 0 Å². The minimum atomic E-state index is 0.137. The van der Waals surface area contributed by atoms with Crippen molar-refractivity contribution in [3.63, 3.8) is 0 Å². The minimum Gasteiger partial charge on any atom is -0.492 e. The molecule has 134 heavy (non-hydrogen) atoms. The molecule has 9 N–H and O–H groups in total. The largest absolute Gasteiger partial charge is 0.492 e. The van der Waals surface area contributed by atoms with Crippen LogP contribution in [0.4, 0.5) is 22.7 Å². The molecule has 20 nitrogen and oxygen atoms in total. The summed E-state index contributed by atoms with van der Waals surface area (Å²) < 4.78 is 30.2. The highest BCUT2D eigenvalue weighted by molar-refractivity contribution is 5.52. The number of aromatic nitrogens is 2. The summed E-state index contributed by atoms with van der Waals surface area (Å²) >= 11 is 0. The second-order valence-corrected chi connectivity index (χ2v) is 44.2. The third-order valence-corrected chi connectivity index (χ3v) is 23.4. The predicted octanol–water partition coefficient (Wildman–Crippen LogP) is 22.3. The van der Waals surface area contributed by atoms with Crippen molar-refractivity contribution in [1.82, 2.24) is 57.6 Å². The summed E-state index contributed by atoms with van der Waals surface area (Å²) in [4.78, 5) is 9.82. The number of ether oxygens (including phenoxy) is 5. The Bertz CT molecular complexity index is 3850. The summed E-state index contributed by atoms with van der Waals surface area (Å²) in [6, 6.07) is 57.8. The van der Waals surface area contributed by atoms with Gasteiger partial charge in [0.2, 0.25) is 0 Å². The first-order valence-corrected chi connectivity index (χ1v) is 51.5. The van der Waals surface area contributed by atoms with Crippen LogP contribution < -0.4 is 72.2 Å². The van der Waals surface area contributed by atoms with Crippen LogP contribution in [0.5, 0.6) is 5.75 Å². The molecule has 0 spiro atoms. The number of nitrogens with zero attached hydrogens (tertiary/aromatic N) is 6. The average Bonchev–Trinajstić information content (AvgIpc) is 1.72. The lowest BCUT2D eigenvalue weighted by atomic mass is 10.0. The average molecular weight is 1860 g/mol. The molecule has 7 aromatic rings. The Morgan fingerprint density at radius 3 is 1.07 bits per heavy atom. The third kappa shape index (κ3) is 51.1. The van der Waals surface area contributed by atoms with E-state index in [1.165, 1.54) is 74.5 Å². The summed E-state index contributed by atoms with van der Waals surface area (Å²) in [5.41, 5.74) is 16.9. The van der Waals surface area contributed by atoms with Gasteiger partial charge in [-0.2, -0.15) is 5.10 Å². The first kappa shape index (κ1) is 118. The van der Waals surface area contributed by atoms with E-state index >= 15 is 0 Å². The summed E-state index contributed by atoms with van der Waals surface area (Å²) in [7, 11) is 0. The van der Waals surface area contributed by atoms with Gasteiger partial charge in [0, 0.05) is 189 Å². The number of hydrogen-bond acceptors (Lipinski definition) is 19. The van der Waals surface area contributed by atoms with Crippen molar-refractivity contribution in [2.75, 3.05) is 144 Å². The summed E-state index contributed by atoms with van der Waals surface area (Å²) in [6.07, 6.45) is 10.8. The van der Waals surface area contributed by atoms with E-state index < -0.39 is 0 Å². The van der Waals surface area contributed by atoms with Gasteiger partial charge in [-0.15, -0.1) is 0 Å². The number of hydrogen-bond donors (Lipinski definition) is 9. The predicted molar refractivity (Wildman–Crippen MR) is 577 cm³/mol. The van der Waals surface area contributed by atoms with Crippen LogP contribution in [0.1, 0.15) is 316 Å². The van der Waals surface area contributed by atoms with Gasteiger partial charge in [0.25, 0.3) is 0 Å². The van der Waals surface area contributed by atoms with Gasteiger partial charge in [0.1, 0.15) is 12.4 Å². The van der Waals surface area contributed by atoms with Crippen LogP contribution in [0.15, 0.2) is 158 Å². The molecule has 756 valence electrons. The zero-order valence-electron chi connectivity index (χ0n) is 90.7. The van der Waals surface area contributed by atoms with Crippen LogP contribution in [0.2, 0.25) is 0 Å². The fourth-order valence-electron chi connectivity index (χ4n) is 16.9. The lowest BCUT2D eigenvalue weighted by Crippen LogP contribution is -2.38. The Hall–Kier alpha value is -6.99. The van der Waals surface area contributed by atoms with Gasteiger partial charge in [-0.05, 0) is 364 Å². The number of likely N-dealkylation sites (N-methyl/N-ethyl adjacent to an activating group) is 2. The highest BCUT2D eigenvalue weighted by Crippen LogP contribution is 2.30. The molecule has 0 bridgehead atoms. The molecule has 5 heterocycles. The van der Waals surface area contributed by atoms with Gasteiger partial charge >= 0.3 is 0 Å². The van der Waals surface area contributed by atoms with E-state index in [9.17, 15) is 0 Å². The van der Waals surface area contributed by atoms with Crippen molar-refractivity contribution >= 4 is 22.7 Å². The molecule has 1 aromatic heterocycles. The smallest absolute Gasteiger partial charge is 0.119 e. The lowest BCUT2D eigenvalue weighted by Gasteiger charge is -2.27. The summed E-state index contributed by atoms with van der Waals surface area (Å²) in [6.45, 7) is 89.6. The summed E-state index contributed by atoms with van der Waals surface area (Å²) in [5.74, 6) is 0.952. The highest BCUT2D eigenvalue weighted by Gasteiger charge is 2.28. The van der Waals surface area contributed by atoms with Crippen LogP contribution in [0, 0.1) is 6.92 Å². The van der Waals surface area contributed by atoms with Crippen molar-refractivity contribution in [3.8, 4) is 5.75 Å². The number of anilines is 4. The normalized spacial score (nSPS) is 17.4. The Kier molecular flexibility index (Phi) is 52.1. The molecule has 4 aliphatic heterocycles. The Morgan fingerprint density at radius 2 is 0.724 bits per heavy atom. The number of benzene rings is 6. The van der Waals surface area contributed by atoms with Gasteiger partial charge in [-0.3, -0.25) is 4.68 Å². The third-order valence-electron chi connectivity index (χ3n) is 23.4. The maximum Gasteiger partial charge on any atom is 0.119 e. The zero-order valence-corrected chi connectivity index (χ0v) is 90.7. The van der Waals surface area contributed by atoms with E-state index in [0.29, 0.717) is 61.7 Å². The molecule has 4 saturated heterocycles. The molecule has 20 heteroatoms. The molecular weight excluding hydrogens is 1660 g/mol. The van der Waals surface area contributed by atoms with E-state index in [1.807, 2.05) is 36.0 Å². The molecule has 8 atom stereocenters. The van der Waals surface area contributed by atoms with E-state index in [4.69, 9.17) is 23.7 Å². The van der Waals surface area contributed by atoms with Gasteiger partial charge < -0.3 is 91.1 Å². The van der Waals surface area contributed by atoms with Crippen molar-refractivity contribution in [3.05, 3.63) is 202 Å². The second-order valence-electron chi connectivity index (χ2n) is 44.2. The second kappa shape index (κ2) is 59.4. The zero-order chi connectivity index (χ0) is 99.3. The SMILES string of the molecule is CCN[C@@H]1CCN(c2ccc(C(C)NC(C)(C)C)cc2)C1.CCN[C@H]1CCN(c2ccc(C(C)NC(C)(C)C)cc2)C1.CCO[C@@H]1CCN(c2ccc(C(C)NC(C)(C)C)cc2)C1.CCO[C@H]1CCN(c2ccc(C(C)NC(C)(C)C)cc2)C1.CCc1ccc(OCCNC(C)(C)C)cc1.CCc1cccc(COCCCNC(C)(C)C)c1.Cc1ccn(CCOCCNC(C)(C)C)n1. The molecule has 0 aliphatic carbocycles. The van der Waals surface area contributed by atoms with Crippen LogP contribution in [-0.2, 0) is 44.9 Å². The molecule has 6 aromatic carbocycles. The first-order valence-electron chi connectivity index (χ1n) is 51.5. The minimum absolute atomic E-state index is 0.137. The maximum atomic E-state index is 5.72. The van der Waals surface area contributed by atoms with Crippen molar-refractivity contribution < 1.29 is 23.7 Å². The van der Waals surface area contributed by atoms with Gasteiger partial charge in [0.05, 0.1) is 44.3 Å². The molecule has 0 saturated carbocycles. The Morgan fingerprint density at radius 1 is 0.366 bits per heavy atom. The molecular formula is C114H195N15O5. The van der Waals surface area contributed by atoms with Crippen molar-refractivity contribution in [2.24, 2.45) is 0 Å². The van der Waals surface area contributed by atoms with E-state index in [0.717, 1.165) is 168 Å². The standard InChI is InChI=1S/2C18H31N3.2C18H30N2O.C16H27NO.C14H23NO.C12H23N3O/c2*1-6-19-16-11-12-21(13-16)17-9-7-15(8-10-17)14(2)20-18(3,4)5;2*1-6-21-17-11-12-20(13-17)16-9-7-15(8-10-16)14(2)19-18(3,4)5;1-5-14-8-6-9-15(12-14)13-18-11-7-10-17-16(2,3)4;1-5-12-6-8-13(9-7-12)16-11-10-15-14(2,3)4;1-11-5-7-15(14-11)8-10-16-9-6-13-12(2,3)4/h2*7-10,14,16,19-20H,6,11-13H2,1-5H3;2*7-10,14,17,19H,6,11-13H2,1-5H3;6,8-9,12,17H,5,7,10-11,13H2,1-4H3;6-9,15H,5,10-11H2,1-4H3;5,7,13H,6,8-10H2,1-4H3/t2*14?,16-;2*14?,17-;;;/m1010.../s1. The quantitative estimate of drug-likeness (QED) is 0.0166. The van der Waals surface area contributed by atoms with Crippen molar-refractivity contribution in [1.29, 1.82) is 0 Å². The van der Waals surface area contributed by atoms with Crippen LogP contribution in [-0.4, -0.2) is 198 Å². The van der Waals surface area contributed by atoms with Gasteiger partial charge in [-0.25, -0.2) is 0 Å². The van der Waals surface area contributed by atoms with Crippen LogP contribution in [0.25, 0.3) is 0 Å². The van der Waals surface area contributed by atoms with Crippen LogP contribution in [0.3, 0.4) is 0 Å². The lowest BCUT2D eigenvalue weighted by molar-refractivity contribution is 0.0786. The Labute approximate surface area is 818 Å². The monoisotopic (exact) mass is 1850 g/mol. The van der Waals surface area contributed by atoms with E-state index in [-0.39, 0.29) is 38.8 Å². The molecule has 0 radical (unpaired) electrons. The van der Waals surface area contributed by atoms with Gasteiger partial charge in [0.15, 0.2) is 0 Å². The highest BCUT2D eigenvalue weighted by atomic mass is 16.5. The molecule has 4 unspecified atom stereocenters. The van der Waals surface area contributed by atoms with Gasteiger partial charge in [-0.1, -0.05) is 113 Å². The number of aryl methyl sites for hydroxylation is 3. The maximum absolute atomic E-state index is 5.72. The fourth-order valence-corrected chi connectivity index (χ4v) is 16.9. The molecule has 4 fully saturated rings. The fraction of sp³-hybridized carbons (Fsp3) is 0.658. The summed E-state index contributed by atoms with van der Waals surface area (Å²) in [5, 5.41) is 36.1.